The van der Waals surface area contributed by atoms with Crippen molar-refractivity contribution in [2.45, 2.75) is 10.4 Å². The van der Waals surface area contributed by atoms with Gasteiger partial charge in [-0.3, -0.25) is 24.3 Å². The Hall–Kier alpha value is -2.82. The maximum absolute atomic E-state index is 14.2. The molecule has 0 radical (unpaired) electrons. The first-order chi connectivity index (χ1) is 11.6. The summed E-state index contributed by atoms with van der Waals surface area (Å²) in [6.45, 7) is 0. The minimum atomic E-state index is -4.60. The lowest BCUT2D eigenvalue weighted by Gasteiger charge is -2.13. The highest BCUT2D eigenvalue weighted by Crippen LogP contribution is 2.37. The van der Waals surface area contributed by atoms with Crippen LogP contribution in [0.3, 0.4) is 0 Å². The van der Waals surface area contributed by atoms with Crippen LogP contribution in [0.5, 0.6) is 0 Å². The number of imide groups is 1. The number of carbonyl (C=O) groups excluding carboxylic acids is 2. The number of fused-ring (bicyclic) bond motifs is 1. The predicted octanol–water partition coefficient (Wildman–Crippen LogP) is 2.05. The molecule has 1 aromatic carbocycles. The second-order valence-electron chi connectivity index (χ2n) is 4.94. The number of thioether (sulfide) groups is 1. The number of nitrogens with zero attached hydrogens (tertiary/aromatic N) is 1. The monoisotopic (exact) mass is 373 g/mol. The molecule has 1 aromatic heterocycles. The Balaban J connectivity index is 2.15. The average Bonchev–Trinajstić information content (AvgIpc) is 2.74. The number of carbonyl (C=O) groups is 2. The molecule has 2 amide bonds. The Morgan fingerprint density at radius 2 is 1.76 bits per heavy atom. The number of rotatable bonds is 2. The fraction of sp³-hybridized carbons (Fsp3) is 0.0714. The first kappa shape index (κ1) is 17.0. The van der Waals surface area contributed by atoms with Gasteiger partial charge in [-0.2, -0.15) is 13.2 Å². The molecular weight excluding hydrogens is 366 g/mol. The second kappa shape index (κ2) is 5.62. The van der Waals surface area contributed by atoms with Gasteiger partial charge in [0.05, 0.1) is 16.8 Å². The summed E-state index contributed by atoms with van der Waals surface area (Å²) < 4.78 is 51.9. The number of hydrogen-bond donors (Lipinski definition) is 2. The Morgan fingerprint density at radius 1 is 1.08 bits per heavy atom. The molecule has 3 N–H and O–H groups in total. The minimum Gasteiger partial charge on any atom is -0.384 e. The van der Waals surface area contributed by atoms with E-state index < -0.39 is 56.9 Å². The molecule has 6 nitrogen and oxygen atoms in total. The quantitative estimate of drug-likeness (QED) is 0.477. The Bertz CT molecular complexity index is 985. The zero-order valence-corrected chi connectivity index (χ0v) is 12.8. The van der Waals surface area contributed by atoms with Crippen molar-refractivity contribution in [3.63, 3.8) is 0 Å². The largest absolute Gasteiger partial charge is 0.446 e. The van der Waals surface area contributed by atoms with Gasteiger partial charge in [-0.25, -0.2) is 4.39 Å². The van der Waals surface area contributed by atoms with Crippen LogP contribution in [0.2, 0.25) is 0 Å². The van der Waals surface area contributed by atoms with Gasteiger partial charge in [0.25, 0.3) is 17.4 Å². The zero-order chi connectivity index (χ0) is 18.5. The summed E-state index contributed by atoms with van der Waals surface area (Å²) in [6.07, 6.45) is 0. The summed E-state index contributed by atoms with van der Waals surface area (Å²) in [5.74, 6) is -3.29. The van der Waals surface area contributed by atoms with Gasteiger partial charge < -0.3 is 5.73 Å². The standard InChI is InChI=1S/C14H7F4N3O3S/c15-7-3-5(25-14(16,17)18)1-2-8(7)21-9(22)4-6-10(11(21)19)13(24)20-12(6)23/h1-4H,19H2,(H,20,23,24). The van der Waals surface area contributed by atoms with Crippen molar-refractivity contribution < 1.29 is 27.2 Å². The van der Waals surface area contributed by atoms with E-state index in [1.54, 1.807) is 0 Å². The van der Waals surface area contributed by atoms with E-state index in [-0.39, 0.29) is 11.1 Å². The van der Waals surface area contributed by atoms with Crippen LogP contribution >= 0.6 is 11.8 Å². The number of nitrogen functional groups attached to an aromatic ring is 1. The molecule has 0 fully saturated rings. The van der Waals surface area contributed by atoms with Crippen LogP contribution in [0.1, 0.15) is 20.7 Å². The molecule has 0 spiro atoms. The lowest BCUT2D eigenvalue weighted by atomic mass is 10.1. The van der Waals surface area contributed by atoms with Crippen LogP contribution in [0.25, 0.3) is 5.69 Å². The van der Waals surface area contributed by atoms with Crippen molar-refractivity contribution >= 4 is 29.4 Å². The van der Waals surface area contributed by atoms with Crippen molar-refractivity contribution in [2.75, 3.05) is 5.73 Å². The van der Waals surface area contributed by atoms with E-state index in [2.05, 4.69) is 0 Å². The summed E-state index contributed by atoms with van der Waals surface area (Å²) in [6, 6.07) is 3.30. The fourth-order valence-corrected chi connectivity index (χ4v) is 2.96. The van der Waals surface area contributed by atoms with Gasteiger partial charge in [-0.15, -0.1) is 0 Å². The number of amides is 2. The smallest absolute Gasteiger partial charge is 0.384 e. The zero-order valence-electron chi connectivity index (χ0n) is 12.0. The van der Waals surface area contributed by atoms with Gasteiger partial charge in [-0.1, -0.05) is 0 Å². The van der Waals surface area contributed by atoms with Crippen molar-refractivity contribution in [3.05, 3.63) is 51.6 Å². The molecule has 1 aliphatic rings. The number of anilines is 1. The SMILES string of the molecule is Nc1c2c(cc(=O)n1-c1ccc(SC(F)(F)F)cc1F)C(=O)NC2=O. The first-order valence-electron chi connectivity index (χ1n) is 6.55. The molecule has 25 heavy (non-hydrogen) atoms. The number of halogens is 4. The molecule has 0 bridgehead atoms. The van der Waals surface area contributed by atoms with Crippen LogP contribution in [0, 0.1) is 5.82 Å². The number of hydrogen-bond acceptors (Lipinski definition) is 5. The Labute approximate surface area is 140 Å². The van der Waals surface area contributed by atoms with E-state index in [1.165, 1.54) is 0 Å². The molecule has 2 heterocycles. The molecule has 11 heteroatoms. The van der Waals surface area contributed by atoms with E-state index >= 15 is 0 Å². The normalized spacial score (nSPS) is 13.8. The third-order valence-electron chi connectivity index (χ3n) is 3.35. The molecule has 1 aliphatic heterocycles. The lowest BCUT2D eigenvalue weighted by Crippen LogP contribution is -2.24. The third kappa shape index (κ3) is 2.97. The van der Waals surface area contributed by atoms with Gasteiger partial charge in [-0.05, 0) is 30.0 Å². The van der Waals surface area contributed by atoms with Gasteiger partial charge in [0.1, 0.15) is 11.6 Å². The van der Waals surface area contributed by atoms with E-state index in [4.69, 9.17) is 5.73 Å². The lowest BCUT2D eigenvalue weighted by molar-refractivity contribution is -0.0328. The maximum atomic E-state index is 14.2. The number of pyridine rings is 1. The number of aromatic nitrogens is 1. The Kier molecular flexibility index (Phi) is 3.82. The minimum absolute atomic E-state index is 0.242. The van der Waals surface area contributed by atoms with Crippen LogP contribution in [0.15, 0.2) is 34.0 Å². The van der Waals surface area contributed by atoms with E-state index in [9.17, 15) is 31.9 Å². The summed E-state index contributed by atoms with van der Waals surface area (Å²) in [7, 11) is 0. The summed E-state index contributed by atoms with van der Waals surface area (Å²) in [5, 5.41) is 1.95. The van der Waals surface area contributed by atoms with Crippen LogP contribution < -0.4 is 16.6 Å². The highest BCUT2D eigenvalue weighted by atomic mass is 32.2. The first-order valence-corrected chi connectivity index (χ1v) is 7.37. The van der Waals surface area contributed by atoms with Gasteiger partial charge in [0.2, 0.25) is 0 Å². The highest BCUT2D eigenvalue weighted by molar-refractivity contribution is 8.00. The molecule has 0 saturated carbocycles. The van der Waals surface area contributed by atoms with E-state index in [1.807, 2.05) is 5.32 Å². The van der Waals surface area contributed by atoms with Crippen molar-refractivity contribution in [1.82, 2.24) is 9.88 Å². The summed E-state index contributed by atoms with van der Waals surface area (Å²) >= 11 is -0.519. The highest BCUT2D eigenvalue weighted by Gasteiger charge is 2.33. The van der Waals surface area contributed by atoms with Gasteiger partial charge >= 0.3 is 5.51 Å². The van der Waals surface area contributed by atoms with Gasteiger partial charge in [0.15, 0.2) is 0 Å². The second-order valence-corrected chi connectivity index (χ2v) is 6.07. The summed E-state index contributed by atoms with van der Waals surface area (Å²) in [5.41, 5.74) is -0.757. The van der Waals surface area contributed by atoms with Crippen LogP contribution in [-0.4, -0.2) is 21.9 Å². The molecule has 0 atom stereocenters. The van der Waals surface area contributed by atoms with E-state index in [0.717, 1.165) is 18.2 Å². The van der Waals surface area contributed by atoms with E-state index in [0.29, 0.717) is 10.6 Å². The summed E-state index contributed by atoms with van der Waals surface area (Å²) in [4.78, 5) is 35.0. The number of alkyl halides is 3. The molecule has 3 rings (SSSR count). The number of benzene rings is 1. The Morgan fingerprint density at radius 3 is 2.36 bits per heavy atom. The molecule has 130 valence electrons. The van der Waals surface area contributed by atoms with Crippen molar-refractivity contribution in [2.24, 2.45) is 0 Å². The van der Waals surface area contributed by atoms with Crippen molar-refractivity contribution in [1.29, 1.82) is 0 Å². The van der Waals surface area contributed by atoms with Crippen LogP contribution in [-0.2, 0) is 0 Å². The number of nitrogens with one attached hydrogen (secondary N) is 1. The molecule has 0 aliphatic carbocycles. The third-order valence-corrected chi connectivity index (χ3v) is 4.07. The fourth-order valence-electron chi connectivity index (χ4n) is 2.39. The van der Waals surface area contributed by atoms with Crippen molar-refractivity contribution in [3.8, 4) is 5.69 Å². The molecule has 0 unspecified atom stereocenters. The molecule has 0 saturated heterocycles. The maximum Gasteiger partial charge on any atom is 0.446 e. The van der Waals surface area contributed by atoms with Crippen LogP contribution in [0.4, 0.5) is 23.4 Å². The van der Waals surface area contributed by atoms with Gasteiger partial charge in [0, 0.05) is 11.0 Å². The molecule has 2 aromatic rings. The topological polar surface area (TPSA) is 94.2 Å². The molecular formula is C14H7F4N3O3S. The average molecular weight is 373 g/mol. The predicted molar refractivity (Wildman–Crippen MR) is 80.1 cm³/mol. The number of nitrogens with two attached hydrogens (primary N) is 1.